The molecule has 6 aromatic rings. The summed E-state index contributed by atoms with van der Waals surface area (Å²) < 4.78 is 93.1. The molecular weight excluding hydrogens is 1510 g/mol. The summed E-state index contributed by atoms with van der Waals surface area (Å²) in [5, 5.41) is 11.9. The Kier molecular flexibility index (Phi) is 53.0. The lowest BCUT2D eigenvalue weighted by molar-refractivity contribution is -0.136. The first-order valence-electron chi connectivity index (χ1n) is 33.7. The molecule has 6 aromatic carbocycles. The van der Waals surface area contributed by atoms with Crippen LogP contribution in [0.5, 0.6) is 5.75 Å². The normalized spacial score (nSPS) is 10.3. The number of carboxylic acids is 1. The number of hydrogen-bond donors (Lipinski definition) is 15. The van der Waals surface area contributed by atoms with Crippen molar-refractivity contribution >= 4 is 153 Å². The molecule has 31 nitrogen and oxygen atoms in total. The first-order chi connectivity index (χ1) is 48.8. The molecule has 0 radical (unpaired) electrons. The summed E-state index contributed by atoms with van der Waals surface area (Å²) in [6.07, 6.45) is 1.31. The second-order valence-corrected chi connectivity index (χ2v) is 27.0. The average molecular weight is 1630 g/mol. The molecule has 37 heteroatoms. The molecule has 107 heavy (non-hydrogen) atoms. The standard InChI is InChI=1S/C12H20N4O.C12H21N3O2S.C12H18N2O2.C12H20N2O.C11H17ClN2.C11H17N3O.2ClH.2H2O4S/c1-3-16(7-6-15-12(14)17)10-4-5-11(13)9(2)8-10;1-4-15(8-7-14-18(3,16)17)11-5-6-12(13)10(2)9-11;1-3-14(7-6-12(15)16)10-4-5-11(13)9(2)8-10;1-4-14(5-2)10-7-8-11(13)12(9-10)15-6-3;1-4-14(5-2)10-7-6-9(13)11(12)8(10)3;1-3-14(7-11(13)15)9-4-5-10(12)8(2)6-9;;;2*1-5(2,3)4/h4-5,8H,3,6-7,13H2,1-2H3,(H3,14,15,17);5-6,9,14H,4,7-8,13H2,1-3H3;4-5,8H,3,6-7,13H2,1-2H3,(H,15,16);7-9H,4-6,13H2,1-3H3;6-7H,4-5,13H2,1-3H3;4-6H,3,7,12H2,1-2H3,(H2,13,15);2*1H;2*(H2,1,2,3,4). The van der Waals surface area contributed by atoms with Gasteiger partial charge in [-0.3, -0.25) is 27.8 Å². The van der Waals surface area contributed by atoms with Gasteiger partial charge in [0.1, 0.15) is 5.75 Å². The van der Waals surface area contributed by atoms with Crippen LogP contribution in [0.3, 0.4) is 0 Å². The fourth-order valence-electron chi connectivity index (χ4n) is 9.51. The molecule has 608 valence electrons. The molecule has 0 fully saturated rings. The van der Waals surface area contributed by atoms with Crippen LogP contribution >= 0.6 is 36.4 Å². The Hall–Kier alpha value is -8.55. The maximum atomic E-state index is 11.0. The quantitative estimate of drug-likeness (QED) is 0.0160. The Morgan fingerprint density at radius 3 is 1.06 bits per heavy atom. The van der Waals surface area contributed by atoms with Crippen LogP contribution in [0.25, 0.3) is 0 Å². The highest BCUT2D eigenvalue weighted by atomic mass is 35.5. The molecule has 0 atom stereocenters. The van der Waals surface area contributed by atoms with E-state index in [0.29, 0.717) is 49.2 Å². The summed E-state index contributed by atoms with van der Waals surface area (Å²) in [5.41, 5.74) is 60.9. The molecule has 3 amide bonds. The largest absolute Gasteiger partial charge is 0.492 e. The number of nitrogens with one attached hydrogen (secondary N) is 2. The van der Waals surface area contributed by atoms with Crippen molar-refractivity contribution in [3.8, 4) is 5.75 Å². The molecule has 23 N–H and O–H groups in total. The van der Waals surface area contributed by atoms with Gasteiger partial charge in [-0.25, -0.2) is 17.9 Å². The zero-order chi connectivity index (χ0) is 81.1. The predicted molar refractivity (Wildman–Crippen MR) is 448 cm³/mol. The highest BCUT2D eigenvalue weighted by Gasteiger charge is 2.14. The van der Waals surface area contributed by atoms with Crippen LogP contribution in [0.4, 0.5) is 73.0 Å². The van der Waals surface area contributed by atoms with E-state index in [0.717, 1.165) is 150 Å². The molecule has 6 rings (SSSR count). The number of halogens is 3. The van der Waals surface area contributed by atoms with Gasteiger partial charge in [0.05, 0.1) is 42.2 Å². The van der Waals surface area contributed by atoms with E-state index in [-0.39, 0.29) is 43.7 Å². The van der Waals surface area contributed by atoms with Crippen molar-refractivity contribution in [1.29, 1.82) is 0 Å². The minimum Gasteiger partial charge on any atom is -0.492 e. The number of anilines is 12. The molecule has 0 aromatic heterocycles. The number of nitrogens with zero attached hydrogens (tertiary/aromatic N) is 6. The van der Waals surface area contributed by atoms with Crippen LogP contribution < -0.4 is 90.0 Å². The van der Waals surface area contributed by atoms with Crippen LogP contribution in [0, 0.1) is 34.6 Å². The van der Waals surface area contributed by atoms with Crippen molar-refractivity contribution in [2.45, 2.75) is 103 Å². The smallest absolute Gasteiger partial charge is 0.394 e. The maximum Gasteiger partial charge on any atom is 0.394 e. The number of aliphatic carboxylic acids is 1. The second-order valence-electron chi connectivity index (χ2n) is 23.0. The van der Waals surface area contributed by atoms with Crippen LogP contribution in [0.1, 0.15) is 96.6 Å². The minimum atomic E-state index is -4.67. The number of sulfonamides is 1. The number of nitrogen functional groups attached to an aromatic ring is 6. The summed E-state index contributed by atoms with van der Waals surface area (Å²) >= 11 is 6.09. The topological polar surface area (TPSA) is 516 Å². The first-order valence-corrected chi connectivity index (χ1v) is 38.7. The third-order valence-corrected chi connectivity index (χ3v) is 16.5. The van der Waals surface area contributed by atoms with E-state index in [1.165, 1.54) is 5.69 Å². The number of carbonyl (C=O) groups excluding carboxylic acids is 2. The summed E-state index contributed by atoms with van der Waals surface area (Å²) in [6.45, 7) is 39.3. The van der Waals surface area contributed by atoms with Crippen LogP contribution in [-0.2, 0) is 40.4 Å². The predicted octanol–water partition coefficient (Wildman–Crippen LogP) is 9.92. The number of ether oxygens (including phenoxy) is 1. The van der Waals surface area contributed by atoms with Gasteiger partial charge in [-0.1, -0.05) is 11.6 Å². The highest BCUT2D eigenvalue weighted by Crippen LogP contribution is 2.32. The van der Waals surface area contributed by atoms with Gasteiger partial charge in [-0.05, 0) is 222 Å². The molecule has 0 saturated carbocycles. The number of carboxylic acid groups (broad SMARTS) is 1. The van der Waals surface area contributed by atoms with Gasteiger partial charge < -0.3 is 90.4 Å². The summed E-state index contributed by atoms with van der Waals surface area (Å²) in [6, 6.07) is 32.6. The van der Waals surface area contributed by atoms with Gasteiger partial charge in [0.2, 0.25) is 15.9 Å². The van der Waals surface area contributed by atoms with Crippen LogP contribution in [-0.4, -0.2) is 171 Å². The molecule has 0 aliphatic heterocycles. The number of primary amides is 2. The Morgan fingerprint density at radius 2 is 0.757 bits per heavy atom. The lowest BCUT2D eigenvalue weighted by atomic mass is 10.1. The van der Waals surface area contributed by atoms with E-state index in [2.05, 4.69) is 64.3 Å². The van der Waals surface area contributed by atoms with Crippen molar-refractivity contribution in [3.05, 3.63) is 136 Å². The average Bonchev–Trinajstić information content (AvgIpc) is 0.825. The van der Waals surface area contributed by atoms with Gasteiger partial charge in [0.25, 0.3) is 0 Å². The maximum absolute atomic E-state index is 11.0. The first kappa shape index (κ1) is 105. The minimum absolute atomic E-state index is 0. The Bertz CT molecular complexity index is 3920. The third kappa shape index (κ3) is 46.3. The van der Waals surface area contributed by atoms with Gasteiger partial charge in [0, 0.05) is 148 Å². The van der Waals surface area contributed by atoms with Gasteiger partial charge in [-0.2, -0.15) is 16.8 Å². The van der Waals surface area contributed by atoms with E-state index in [1.54, 1.807) is 0 Å². The van der Waals surface area contributed by atoms with E-state index in [1.807, 2.05) is 175 Å². The van der Waals surface area contributed by atoms with Gasteiger partial charge in [0.15, 0.2) is 0 Å². The van der Waals surface area contributed by atoms with Crippen LogP contribution in [0.2, 0.25) is 5.02 Å². The summed E-state index contributed by atoms with van der Waals surface area (Å²) in [4.78, 5) is 44.7. The van der Waals surface area contributed by atoms with E-state index < -0.39 is 42.8 Å². The SMILES string of the molecule is CCN(CC(N)=O)c1ccc(N)c(C)c1.CCN(CC)c1ccc(N)c(Cl)c1C.CCN(CCC(=O)O)c1ccc(N)c(C)c1.CCN(CCNC(N)=O)c1ccc(N)c(C)c1.CCN(CCNS(C)(=O)=O)c1ccc(N)c(C)c1.CCOc1cc(N(CC)CC)ccc1N.Cl.Cl.O=S(=O)(O)O.O=S(=O)(O)O. The highest BCUT2D eigenvalue weighted by molar-refractivity contribution is 7.88. The third-order valence-electron chi connectivity index (χ3n) is 15.3. The van der Waals surface area contributed by atoms with Crippen molar-refractivity contribution in [2.75, 3.05) is 168 Å². The number of nitrogens with two attached hydrogens (primary N) is 8. The lowest BCUT2D eigenvalue weighted by Crippen LogP contribution is -2.37. The van der Waals surface area contributed by atoms with Crippen LogP contribution in [0.15, 0.2) is 103 Å². The van der Waals surface area contributed by atoms with E-state index in [9.17, 15) is 22.8 Å². The lowest BCUT2D eigenvalue weighted by Gasteiger charge is -2.24. The fraction of sp³-hybridized carbons (Fsp3) is 0.443. The summed E-state index contributed by atoms with van der Waals surface area (Å²) in [7, 11) is -12.5. The number of carbonyl (C=O) groups is 3. The molecule has 0 bridgehead atoms. The summed E-state index contributed by atoms with van der Waals surface area (Å²) in [5.74, 6) is -0.321. The number of hydrogen-bond acceptors (Lipinski definition) is 22. The molecule has 0 saturated heterocycles. The zero-order valence-corrected chi connectivity index (χ0v) is 69.0. The molecule has 0 aliphatic rings. The van der Waals surface area contributed by atoms with Crippen molar-refractivity contribution in [3.63, 3.8) is 0 Å². The number of rotatable bonds is 28. The number of urea groups is 1. The van der Waals surface area contributed by atoms with Gasteiger partial charge in [-0.15, -0.1) is 24.8 Å². The number of aryl methyl sites for hydroxylation is 4. The van der Waals surface area contributed by atoms with Crippen molar-refractivity contribution < 1.29 is 67.7 Å². The van der Waals surface area contributed by atoms with Crippen molar-refractivity contribution in [1.82, 2.24) is 10.0 Å². The molecule has 0 heterocycles. The Labute approximate surface area is 652 Å². The van der Waals surface area contributed by atoms with Gasteiger partial charge >= 0.3 is 32.8 Å². The fourth-order valence-corrected chi connectivity index (χ4v) is 10.1. The zero-order valence-electron chi connectivity index (χ0n) is 64.2. The monoisotopic (exact) mass is 1620 g/mol. The Balaban J connectivity index is -0.000000578. The molecular formula is C70H119Cl3N16O15S3. The van der Waals surface area contributed by atoms with E-state index in [4.69, 9.17) is 102 Å². The number of likely N-dealkylation sites (N-methyl/N-ethyl adjacent to an activating group) is 3. The number of amides is 3. The molecule has 0 unspecified atom stereocenters. The molecule has 0 spiro atoms. The number of benzene rings is 6. The van der Waals surface area contributed by atoms with E-state index >= 15 is 0 Å². The Morgan fingerprint density at radius 1 is 0.449 bits per heavy atom. The molecule has 0 aliphatic carbocycles. The second kappa shape index (κ2) is 54.1. The van der Waals surface area contributed by atoms with Crippen molar-refractivity contribution in [2.24, 2.45) is 11.5 Å².